The van der Waals surface area contributed by atoms with Crippen molar-refractivity contribution in [2.75, 3.05) is 13.7 Å². The fourth-order valence-electron chi connectivity index (χ4n) is 1.13. The number of nitrogens with two attached hydrogens (primary N) is 1. The first-order valence-corrected chi connectivity index (χ1v) is 4.10. The van der Waals surface area contributed by atoms with Gasteiger partial charge in [-0.3, -0.25) is 4.68 Å². The van der Waals surface area contributed by atoms with Crippen LogP contribution in [0.1, 0.15) is 22.2 Å². The van der Waals surface area contributed by atoms with E-state index in [0.717, 1.165) is 0 Å². The quantitative estimate of drug-likeness (QED) is 0.622. The lowest BCUT2D eigenvalue weighted by atomic mass is 10.1. The van der Waals surface area contributed by atoms with Crippen molar-refractivity contribution in [1.82, 2.24) is 9.78 Å². The molecule has 0 radical (unpaired) electrons. The van der Waals surface area contributed by atoms with Gasteiger partial charge in [-0.25, -0.2) is 4.79 Å². The Morgan fingerprint density at radius 2 is 2.50 bits per heavy atom. The molecule has 1 heterocycles. The van der Waals surface area contributed by atoms with Crippen LogP contribution in [-0.2, 0) is 11.8 Å². The Morgan fingerprint density at radius 3 is 3.00 bits per heavy atom. The van der Waals surface area contributed by atoms with E-state index in [1.165, 1.54) is 11.8 Å². The number of hydrogen-bond acceptors (Lipinski definition) is 5. The second kappa shape index (κ2) is 4.21. The molecule has 14 heavy (non-hydrogen) atoms. The second-order valence-electron chi connectivity index (χ2n) is 2.85. The van der Waals surface area contributed by atoms with Crippen LogP contribution in [0.2, 0.25) is 0 Å². The van der Waals surface area contributed by atoms with E-state index in [9.17, 15) is 9.90 Å². The van der Waals surface area contributed by atoms with Crippen molar-refractivity contribution in [3.8, 4) is 0 Å². The van der Waals surface area contributed by atoms with Gasteiger partial charge in [0.1, 0.15) is 0 Å². The molecule has 1 aromatic heterocycles. The average molecular weight is 199 g/mol. The van der Waals surface area contributed by atoms with Crippen LogP contribution in [0.4, 0.5) is 0 Å². The van der Waals surface area contributed by atoms with E-state index in [1.54, 1.807) is 13.2 Å². The van der Waals surface area contributed by atoms with Crippen molar-refractivity contribution in [3.05, 3.63) is 17.5 Å². The first-order chi connectivity index (χ1) is 6.60. The topological polar surface area (TPSA) is 90.4 Å². The minimum absolute atomic E-state index is 0.0374. The van der Waals surface area contributed by atoms with Gasteiger partial charge in [-0.15, -0.1) is 0 Å². The zero-order valence-electron chi connectivity index (χ0n) is 8.10. The number of aliphatic hydroxyl groups excluding tert-OH is 1. The summed E-state index contributed by atoms with van der Waals surface area (Å²) in [6.07, 6.45) is 0.654. The van der Waals surface area contributed by atoms with Gasteiger partial charge < -0.3 is 15.6 Å². The lowest BCUT2D eigenvalue weighted by Gasteiger charge is -2.05. The summed E-state index contributed by atoms with van der Waals surface area (Å²) in [4.78, 5) is 11.2. The van der Waals surface area contributed by atoms with E-state index in [-0.39, 0.29) is 12.2 Å². The van der Waals surface area contributed by atoms with E-state index < -0.39 is 12.1 Å². The van der Waals surface area contributed by atoms with Crippen LogP contribution < -0.4 is 5.73 Å². The monoisotopic (exact) mass is 199 g/mol. The number of aryl methyl sites for hydroxylation is 1. The summed E-state index contributed by atoms with van der Waals surface area (Å²) in [6.45, 7) is 0.0374. The van der Waals surface area contributed by atoms with Crippen molar-refractivity contribution < 1.29 is 14.6 Å². The van der Waals surface area contributed by atoms with Crippen molar-refractivity contribution in [2.24, 2.45) is 12.8 Å². The average Bonchev–Trinajstić information content (AvgIpc) is 2.58. The Hall–Kier alpha value is -1.40. The standard InChI is InChI=1S/C8H13N3O3/c1-11-4-5(6(12)3-9)7(10-11)8(13)14-2/h4,6,12H,3,9H2,1-2H3/t6-/m0/s1. The highest BCUT2D eigenvalue weighted by molar-refractivity contribution is 5.88. The fourth-order valence-corrected chi connectivity index (χ4v) is 1.13. The van der Waals surface area contributed by atoms with Crippen molar-refractivity contribution in [1.29, 1.82) is 0 Å². The maximum absolute atomic E-state index is 11.2. The molecular weight excluding hydrogens is 186 g/mol. The molecule has 6 heteroatoms. The summed E-state index contributed by atoms with van der Waals surface area (Å²) in [5.41, 5.74) is 5.78. The van der Waals surface area contributed by atoms with Gasteiger partial charge in [-0.05, 0) is 0 Å². The molecule has 0 fully saturated rings. The van der Waals surface area contributed by atoms with Crippen LogP contribution in [0.3, 0.4) is 0 Å². The third-order valence-corrected chi connectivity index (χ3v) is 1.82. The predicted molar refractivity (Wildman–Crippen MR) is 48.6 cm³/mol. The van der Waals surface area contributed by atoms with Crippen molar-refractivity contribution in [2.45, 2.75) is 6.10 Å². The normalized spacial score (nSPS) is 12.6. The largest absolute Gasteiger partial charge is 0.464 e. The smallest absolute Gasteiger partial charge is 0.358 e. The molecular formula is C8H13N3O3. The number of ether oxygens (including phenoxy) is 1. The first kappa shape index (κ1) is 10.7. The number of hydrogen-bond donors (Lipinski definition) is 2. The van der Waals surface area contributed by atoms with E-state index in [1.807, 2.05) is 0 Å². The van der Waals surface area contributed by atoms with E-state index in [4.69, 9.17) is 5.73 Å². The zero-order chi connectivity index (χ0) is 10.7. The summed E-state index contributed by atoms with van der Waals surface area (Å²) < 4.78 is 5.95. The number of methoxy groups -OCH3 is 1. The molecule has 0 aliphatic heterocycles. The Morgan fingerprint density at radius 1 is 1.86 bits per heavy atom. The van der Waals surface area contributed by atoms with E-state index >= 15 is 0 Å². The van der Waals surface area contributed by atoms with Crippen LogP contribution in [0, 0.1) is 0 Å². The highest BCUT2D eigenvalue weighted by atomic mass is 16.5. The lowest BCUT2D eigenvalue weighted by Crippen LogP contribution is -2.15. The summed E-state index contributed by atoms with van der Waals surface area (Å²) in [5, 5.41) is 13.4. The number of nitrogens with zero attached hydrogens (tertiary/aromatic N) is 2. The maximum Gasteiger partial charge on any atom is 0.358 e. The van der Waals surface area contributed by atoms with Gasteiger partial charge in [0.05, 0.1) is 13.2 Å². The molecule has 6 nitrogen and oxygen atoms in total. The fraction of sp³-hybridized carbons (Fsp3) is 0.500. The number of carbonyl (C=O) groups is 1. The van der Waals surface area contributed by atoms with E-state index in [0.29, 0.717) is 5.56 Å². The molecule has 0 unspecified atom stereocenters. The SMILES string of the molecule is COC(=O)c1nn(C)cc1[C@@H](O)CN. The molecule has 0 saturated heterocycles. The number of aromatic nitrogens is 2. The molecule has 0 aliphatic carbocycles. The number of rotatable bonds is 3. The van der Waals surface area contributed by atoms with E-state index in [2.05, 4.69) is 9.84 Å². The third-order valence-electron chi connectivity index (χ3n) is 1.82. The van der Waals surface area contributed by atoms with Gasteiger partial charge in [0.15, 0.2) is 5.69 Å². The summed E-state index contributed by atoms with van der Waals surface area (Å²) in [6, 6.07) is 0. The van der Waals surface area contributed by atoms with Gasteiger partial charge in [0.2, 0.25) is 0 Å². The molecule has 78 valence electrons. The summed E-state index contributed by atoms with van der Waals surface area (Å²) in [7, 11) is 2.91. The number of aliphatic hydroxyl groups is 1. The Labute approximate surface area is 81.3 Å². The van der Waals surface area contributed by atoms with Crippen LogP contribution in [0.25, 0.3) is 0 Å². The van der Waals surface area contributed by atoms with Crippen molar-refractivity contribution >= 4 is 5.97 Å². The molecule has 0 aliphatic rings. The number of esters is 1. The van der Waals surface area contributed by atoms with Crippen molar-refractivity contribution in [3.63, 3.8) is 0 Å². The highest BCUT2D eigenvalue weighted by Crippen LogP contribution is 2.16. The molecule has 1 atom stereocenters. The van der Waals surface area contributed by atoms with Gasteiger partial charge in [0, 0.05) is 25.4 Å². The molecule has 0 saturated carbocycles. The zero-order valence-corrected chi connectivity index (χ0v) is 8.10. The van der Waals surface area contributed by atoms with Gasteiger partial charge >= 0.3 is 5.97 Å². The van der Waals surface area contributed by atoms with Gasteiger partial charge in [0.25, 0.3) is 0 Å². The van der Waals surface area contributed by atoms with Crippen LogP contribution in [-0.4, -0.2) is 34.5 Å². The molecule has 0 aromatic carbocycles. The highest BCUT2D eigenvalue weighted by Gasteiger charge is 2.21. The molecule has 1 rings (SSSR count). The lowest BCUT2D eigenvalue weighted by molar-refractivity contribution is 0.0586. The Kier molecular flexibility index (Phi) is 3.21. The van der Waals surface area contributed by atoms with Gasteiger partial charge in [-0.2, -0.15) is 5.10 Å². The summed E-state index contributed by atoms with van der Waals surface area (Å²) >= 11 is 0. The molecule has 3 N–H and O–H groups in total. The molecule has 1 aromatic rings. The van der Waals surface area contributed by atoms with Crippen LogP contribution in [0.5, 0.6) is 0 Å². The molecule has 0 spiro atoms. The maximum atomic E-state index is 11.2. The minimum Gasteiger partial charge on any atom is -0.464 e. The first-order valence-electron chi connectivity index (χ1n) is 4.10. The summed E-state index contributed by atoms with van der Waals surface area (Å²) in [5.74, 6) is -0.576. The van der Waals surface area contributed by atoms with Crippen LogP contribution >= 0.6 is 0 Å². The Balaban J connectivity index is 3.08. The Bertz CT molecular complexity index is 335. The second-order valence-corrected chi connectivity index (χ2v) is 2.85. The molecule has 0 amide bonds. The van der Waals surface area contributed by atoms with Crippen LogP contribution in [0.15, 0.2) is 6.20 Å². The van der Waals surface area contributed by atoms with Gasteiger partial charge in [-0.1, -0.05) is 0 Å². The molecule has 0 bridgehead atoms. The third kappa shape index (κ3) is 1.91. The number of carbonyl (C=O) groups excluding carboxylic acids is 1. The minimum atomic E-state index is -0.891. The predicted octanol–water partition coefficient (Wildman–Crippen LogP) is -0.801.